The van der Waals surface area contributed by atoms with E-state index in [1.54, 1.807) is 13.1 Å². The summed E-state index contributed by atoms with van der Waals surface area (Å²) in [5, 5.41) is 8.47. The average molecular weight is 300 g/mol. The minimum Gasteiger partial charge on any atom is -0.488 e. The Balaban J connectivity index is 1.90. The summed E-state index contributed by atoms with van der Waals surface area (Å²) in [5.41, 5.74) is 1.17. The summed E-state index contributed by atoms with van der Waals surface area (Å²) in [5.74, 6) is -0.204. The third-order valence-corrected chi connectivity index (χ3v) is 3.21. The number of nitriles is 1. The molecule has 0 fully saturated rings. The number of benzene rings is 1. The van der Waals surface area contributed by atoms with Crippen LogP contribution in [-0.4, -0.2) is 43.6 Å². The predicted molar refractivity (Wildman–Crippen MR) is 78.7 cm³/mol. The highest BCUT2D eigenvalue weighted by molar-refractivity contribution is 5.96. The van der Waals surface area contributed by atoms with Crippen LogP contribution in [0.1, 0.15) is 12.0 Å². The molecule has 0 N–H and O–H groups in total. The molecule has 0 spiro atoms. The lowest BCUT2D eigenvalue weighted by atomic mass is 10.1. The molecule has 0 radical (unpaired) electrons. The molecule has 6 nitrogen and oxygen atoms in total. The minimum absolute atomic E-state index is 0.119. The summed E-state index contributed by atoms with van der Waals surface area (Å²) in [6.45, 7) is 0.0835. The Bertz CT molecular complexity index is 646. The van der Waals surface area contributed by atoms with Gasteiger partial charge in [-0.05, 0) is 12.1 Å². The second-order valence-electron chi connectivity index (χ2n) is 4.80. The molecule has 0 bridgehead atoms. The third-order valence-electron chi connectivity index (χ3n) is 3.21. The lowest BCUT2D eigenvalue weighted by molar-refractivity contribution is -0.148. The predicted octanol–water partition coefficient (Wildman–Crippen LogP) is 1.38. The summed E-state index contributed by atoms with van der Waals surface area (Å²) in [4.78, 5) is 25.0. The van der Waals surface area contributed by atoms with Gasteiger partial charge in [-0.25, -0.2) is 4.79 Å². The molecule has 1 heterocycles. The number of carbonyl (C=O) groups excluding carboxylic acids is 2. The molecule has 1 aliphatic heterocycles. The summed E-state index contributed by atoms with van der Waals surface area (Å²) >= 11 is 0. The highest BCUT2D eigenvalue weighted by Gasteiger charge is 2.19. The van der Waals surface area contributed by atoms with Crippen LogP contribution in [0.15, 0.2) is 29.8 Å². The highest BCUT2D eigenvalue weighted by Crippen LogP contribution is 2.25. The van der Waals surface area contributed by atoms with Crippen molar-refractivity contribution in [2.24, 2.45) is 0 Å². The molecule has 6 heteroatoms. The van der Waals surface area contributed by atoms with Gasteiger partial charge in [0.05, 0.1) is 18.1 Å². The Kier molecular flexibility index (Phi) is 5.15. The van der Waals surface area contributed by atoms with Crippen LogP contribution in [0.2, 0.25) is 0 Å². The molecule has 0 aromatic heterocycles. The molecule has 114 valence electrons. The normalized spacial score (nSPS) is 12.3. The van der Waals surface area contributed by atoms with Crippen LogP contribution in [0.5, 0.6) is 5.75 Å². The molecular weight excluding hydrogens is 284 g/mol. The summed E-state index contributed by atoms with van der Waals surface area (Å²) in [6.07, 6.45) is 1.94. The maximum absolute atomic E-state index is 12.0. The Morgan fingerprint density at radius 1 is 1.41 bits per heavy atom. The number of carbonyl (C=O) groups is 2. The van der Waals surface area contributed by atoms with E-state index in [-0.39, 0.29) is 25.5 Å². The van der Waals surface area contributed by atoms with Gasteiger partial charge in [0, 0.05) is 19.2 Å². The molecule has 1 aliphatic rings. The monoisotopic (exact) mass is 300 g/mol. The Hall–Kier alpha value is -2.81. The molecule has 0 unspecified atom stereocenters. The smallest absolute Gasteiger partial charge is 0.338 e. The first-order valence-corrected chi connectivity index (χ1v) is 6.82. The zero-order valence-electron chi connectivity index (χ0n) is 12.2. The number of para-hydroxylation sites is 1. The summed E-state index contributed by atoms with van der Waals surface area (Å²) < 4.78 is 10.5. The molecule has 0 saturated carbocycles. The quantitative estimate of drug-likeness (QED) is 0.767. The van der Waals surface area contributed by atoms with E-state index in [0.29, 0.717) is 17.9 Å². The van der Waals surface area contributed by atoms with Gasteiger partial charge >= 0.3 is 5.97 Å². The third kappa shape index (κ3) is 3.85. The van der Waals surface area contributed by atoms with Gasteiger partial charge in [-0.2, -0.15) is 5.26 Å². The molecule has 2 rings (SSSR count). The van der Waals surface area contributed by atoms with Crippen LogP contribution < -0.4 is 4.74 Å². The van der Waals surface area contributed by atoms with E-state index >= 15 is 0 Å². The number of fused-ring (bicyclic) bond motifs is 1. The number of esters is 1. The zero-order chi connectivity index (χ0) is 15.9. The first-order chi connectivity index (χ1) is 10.6. The van der Waals surface area contributed by atoms with Crippen LogP contribution in [0, 0.1) is 11.3 Å². The van der Waals surface area contributed by atoms with Gasteiger partial charge in [0.1, 0.15) is 12.4 Å². The molecule has 1 aromatic rings. The van der Waals surface area contributed by atoms with Crippen molar-refractivity contribution in [1.82, 2.24) is 4.90 Å². The Labute approximate surface area is 128 Å². The van der Waals surface area contributed by atoms with Gasteiger partial charge < -0.3 is 14.4 Å². The first-order valence-electron chi connectivity index (χ1n) is 6.82. The van der Waals surface area contributed by atoms with Gasteiger partial charge in [-0.15, -0.1) is 0 Å². The van der Waals surface area contributed by atoms with Crippen molar-refractivity contribution in [2.45, 2.75) is 6.42 Å². The average Bonchev–Trinajstić information content (AvgIpc) is 2.56. The van der Waals surface area contributed by atoms with Crippen molar-refractivity contribution < 1.29 is 19.1 Å². The Morgan fingerprint density at radius 2 is 2.18 bits per heavy atom. The number of rotatable bonds is 5. The van der Waals surface area contributed by atoms with Gasteiger partial charge in [-0.3, -0.25) is 4.79 Å². The molecule has 0 saturated heterocycles. The number of ether oxygens (including phenoxy) is 2. The number of hydrogen-bond acceptors (Lipinski definition) is 5. The van der Waals surface area contributed by atoms with E-state index in [2.05, 4.69) is 0 Å². The van der Waals surface area contributed by atoms with Crippen molar-refractivity contribution in [1.29, 1.82) is 5.26 Å². The Morgan fingerprint density at radius 3 is 2.95 bits per heavy atom. The van der Waals surface area contributed by atoms with Crippen LogP contribution >= 0.6 is 0 Å². The van der Waals surface area contributed by atoms with E-state index in [0.717, 1.165) is 5.56 Å². The topological polar surface area (TPSA) is 79.6 Å². The zero-order valence-corrected chi connectivity index (χ0v) is 12.2. The van der Waals surface area contributed by atoms with Gasteiger partial charge in [0.15, 0.2) is 6.61 Å². The van der Waals surface area contributed by atoms with E-state index < -0.39 is 5.97 Å². The van der Waals surface area contributed by atoms with Crippen molar-refractivity contribution in [2.75, 3.05) is 26.8 Å². The number of nitrogens with zero attached hydrogens (tertiary/aromatic N) is 2. The van der Waals surface area contributed by atoms with Crippen LogP contribution in [0.4, 0.5) is 0 Å². The van der Waals surface area contributed by atoms with Crippen molar-refractivity contribution in [3.05, 3.63) is 35.4 Å². The van der Waals surface area contributed by atoms with Gasteiger partial charge in [0.2, 0.25) is 0 Å². The van der Waals surface area contributed by atoms with Gasteiger partial charge in [-0.1, -0.05) is 18.2 Å². The largest absolute Gasteiger partial charge is 0.488 e. The molecule has 1 aromatic carbocycles. The summed E-state index contributed by atoms with van der Waals surface area (Å²) in [7, 11) is 1.56. The SMILES string of the molecule is CN(CCC#N)C(=O)COC(=O)C1=Cc2ccccc2OC1. The van der Waals surface area contributed by atoms with E-state index in [9.17, 15) is 9.59 Å². The number of likely N-dealkylation sites (N-methyl/N-ethyl adjacent to an activating group) is 1. The highest BCUT2D eigenvalue weighted by atomic mass is 16.5. The molecule has 0 aliphatic carbocycles. The van der Waals surface area contributed by atoms with Crippen LogP contribution in [0.3, 0.4) is 0 Å². The van der Waals surface area contributed by atoms with Crippen molar-refractivity contribution in [3.8, 4) is 11.8 Å². The lowest BCUT2D eigenvalue weighted by Crippen LogP contribution is -2.32. The number of hydrogen-bond donors (Lipinski definition) is 0. The fraction of sp³-hybridized carbons (Fsp3) is 0.312. The molecule has 0 atom stereocenters. The summed E-state index contributed by atoms with van der Waals surface area (Å²) in [6, 6.07) is 9.31. The fourth-order valence-electron chi connectivity index (χ4n) is 1.91. The van der Waals surface area contributed by atoms with E-state index in [1.807, 2.05) is 30.3 Å². The second-order valence-corrected chi connectivity index (χ2v) is 4.80. The van der Waals surface area contributed by atoms with Crippen LogP contribution in [-0.2, 0) is 14.3 Å². The molecule has 22 heavy (non-hydrogen) atoms. The van der Waals surface area contributed by atoms with Crippen molar-refractivity contribution in [3.63, 3.8) is 0 Å². The standard InChI is InChI=1S/C16H16N2O4/c1-18(8-4-7-17)15(19)11-22-16(20)13-9-12-5-2-3-6-14(12)21-10-13/h2-3,5-6,9H,4,8,10-11H2,1H3. The first kappa shape index (κ1) is 15.6. The lowest BCUT2D eigenvalue weighted by Gasteiger charge is -2.18. The maximum atomic E-state index is 12.0. The van der Waals surface area contributed by atoms with Crippen molar-refractivity contribution >= 4 is 18.0 Å². The van der Waals surface area contributed by atoms with Gasteiger partial charge in [0.25, 0.3) is 5.91 Å². The van der Waals surface area contributed by atoms with E-state index in [4.69, 9.17) is 14.7 Å². The maximum Gasteiger partial charge on any atom is 0.338 e. The molecular formula is C16H16N2O4. The number of amides is 1. The fourth-order valence-corrected chi connectivity index (χ4v) is 1.91. The van der Waals surface area contributed by atoms with E-state index in [1.165, 1.54) is 4.90 Å². The molecule has 1 amide bonds. The van der Waals surface area contributed by atoms with Crippen LogP contribution in [0.25, 0.3) is 6.08 Å². The second kappa shape index (κ2) is 7.27. The minimum atomic E-state index is -0.573.